The van der Waals surface area contributed by atoms with Crippen molar-refractivity contribution in [2.75, 3.05) is 14.2 Å². The third-order valence-corrected chi connectivity index (χ3v) is 3.20. The van der Waals surface area contributed by atoms with E-state index in [2.05, 4.69) is 10.1 Å². The molecule has 6 heteroatoms. The lowest BCUT2D eigenvalue weighted by atomic mass is 10.1. The number of hydrogen-bond acceptors (Lipinski definition) is 5. The second-order valence-electron chi connectivity index (χ2n) is 4.39. The molecule has 0 N–H and O–H groups in total. The molecule has 2 aromatic heterocycles. The van der Waals surface area contributed by atoms with Gasteiger partial charge in [0, 0.05) is 11.8 Å². The topological polar surface area (TPSA) is 65.7 Å². The molecule has 0 amide bonds. The first-order chi connectivity index (χ1) is 10.2. The lowest BCUT2D eigenvalue weighted by Crippen LogP contribution is -2.05. The van der Waals surface area contributed by atoms with Crippen molar-refractivity contribution in [2.24, 2.45) is 0 Å². The van der Waals surface area contributed by atoms with Gasteiger partial charge in [0.05, 0.1) is 14.2 Å². The molecule has 3 rings (SSSR count). The van der Waals surface area contributed by atoms with E-state index in [4.69, 9.17) is 9.47 Å². The Hall–Kier alpha value is -2.89. The predicted molar refractivity (Wildman–Crippen MR) is 76.3 cm³/mol. The highest BCUT2D eigenvalue weighted by molar-refractivity contribution is 5.97. The molecule has 0 fully saturated rings. The van der Waals surface area contributed by atoms with Crippen molar-refractivity contribution in [3.63, 3.8) is 0 Å². The van der Waals surface area contributed by atoms with Gasteiger partial charge >= 0.3 is 5.97 Å². The molecule has 3 aromatic rings. The Labute approximate surface area is 120 Å². The highest BCUT2D eigenvalue weighted by Crippen LogP contribution is 2.24. The van der Waals surface area contributed by atoms with Crippen LogP contribution < -0.4 is 4.74 Å². The van der Waals surface area contributed by atoms with E-state index >= 15 is 0 Å². The first kappa shape index (κ1) is 13.1. The van der Waals surface area contributed by atoms with E-state index in [1.165, 1.54) is 13.4 Å². The van der Waals surface area contributed by atoms with Gasteiger partial charge in [-0.1, -0.05) is 12.1 Å². The van der Waals surface area contributed by atoms with Crippen molar-refractivity contribution < 1.29 is 14.3 Å². The minimum absolute atomic E-state index is 0.378. The van der Waals surface area contributed by atoms with Gasteiger partial charge in [-0.05, 0) is 23.8 Å². The van der Waals surface area contributed by atoms with Gasteiger partial charge < -0.3 is 9.47 Å². The van der Waals surface area contributed by atoms with Crippen molar-refractivity contribution in [1.82, 2.24) is 14.6 Å². The van der Waals surface area contributed by atoms with Gasteiger partial charge in [-0.15, -0.1) is 0 Å². The van der Waals surface area contributed by atoms with Crippen molar-refractivity contribution in [3.8, 4) is 16.9 Å². The molecule has 0 bridgehead atoms. The number of carbonyl (C=O) groups excluding carboxylic acids is 1. The summed E-state index contributed by atoms with van der Waals surface area (Å²) < 4.78 is 11.5. The zero-order chi connectivity index (χ0) is 14.8. The van der Waals surface area contributed by atoms with Crippen molar-refractivity contribution in [2.45, 2.75) is 0 Å². The number of esters is 1. The first-order valence-corrected chi connectivity index (χ1v) is 6.29. The molecule has 0 aliphatic carbocycles. The standard InChI is InChI=1S/C15H13N3O3/c1-20-12-5-3-10(4-6-12)11-7-13(15(19)21-2)14-16-9-17-18(14)8-11/h3-9H,1-2H3. The first-order valence-electron chi connectivity index (χ1n) is 6.29. The van der Waals surface area contributed by atoms with Crippen LogP contribution in [0.25, 0.3) is 16.8 Å². The number of benzene rings is 1. The molecular weight excluding hydrogens is 270 g/mol. The number of hydrogen-bond donors (Lipinski definition) is 0. The van der Waals surface area contributed by atoms with Crippen LogP contribution in [0.1, 0.15) is 10.4 Å². The molecule has 0 unspecified atom stereocenters. The fourth-order valence-electron chi connectivity index (χ4n) is 2.13. The molecule has 21 heavy (non-hydrogen) atoms. The summed E-state index contributed by atoms with van der Waals surface area (Å²) in [5.74, 6) is 0.331. The van der Waals surface area contributed by atoms with E-state index in [-0.39, 0.29) is 0 Å². The second-order valence-corrected chi connectivity index (χ2v) is 4.39. The van der Waals surface area contributed by atoms with Crippen LogP contribution >= 0.6 is 0 Å². The van der Waals surface area contributed by atoms with Gasteiger partial charge in [-0.25, -0.2) is 14.3 Å². The molecule has 0 aliphatic rings. The van der Waals surface area contributed by atoms with Crippen molar-refractivity contribution in [3.05, 3.63) is 48.4 Å². The second kappa shape index (κ2) is 5.24. The summed E-state index contributed by atoms with van der Waals surface area (Å²) in [6.07, 6.45) is 3.22. The third-order valence-electron chi connectivity index (χ3n) is 3.20. The van der Waals surface area contributed by atoms with Crippen LogP contribution in [0.5, 0.6) is 5.75 Å². The molecule has 0 atom stereocenters. The van der Waals surface area contributed by atoms with E-state index in [1.54, 1.807) is 17.7 Å². The van der Waals surface area contributed by atoms with Crippen LogP contribution in [0.3, 0.4) is 0 Å². The Morgan fingerprint density at radius 1 is 1.14 bits per heavy atom. The Kier molecular flexibility index (Phi) is 3.27. The highest BCUT2D eigenvalue weighted by Gasteiger charge is 2.15. The number of aromatic nitrogens is 3. The zero-order valence-corrected chi connectivity index (χ0v) is 11.6. The van der Waals surface area contributed by atoms with Crippen LogP contribution in [0, 0.1) is 0 Å². The summed E-state index contributed by atoms with van der Waals surface area (Å²) in [5, 5.41) is 4.09. The normalized spacial score (nSPS) is 10.6. The summed E-state index contributed by atoms with van der Waals surface area (Å²) in [6, 6.07) is 9.30. The maximum absolute atomic E-state index is 11.9. The molecule has 0 aliphatic heterocycles. The molecule has 0 saturated carbocycles. The average molecular weight is 283 g/mol. The largest absolute Gasteiger partial charge is 0.497 e. The summed E-state index contributed by atoms with van der Waals surface area (Å²) in [5.41, 5.74) is 2.64. The van der Waals surface area contributed by atoms with E-state index in [9.17, 15) is 4.79 Å². The molecule has 1 aromatic carbocycles. The van der Waals surface area contributed by atoms with Gasteiger partial charge in [0.15, 0.2) is 5.65 Å². The molecular formula is C15H13N3O3. The minimum Gasteiger partial charge on any atom is -0.497 e. The number of methoxy groups -OCH3 is 2. The van der Waals surface area contributed by atoms with Crippen LogP contribution in [0.2, 0.25) is 0 Å². The average Bonchev–Trinajstić information content (AvgIpc) is 3.01. The van der Waals surface area contributed by atoms with Gasteiger partial charge in [0.1, 0.15) is 17.6 Å². The summed E-state index contributed by atoms with van der Waals surface area (Å²) in [4.78, 5) is 16.0. The van der Waals surface area contributed by atoms with Crippen LogP contribution in [0.15, 0.2) is 42.9 Å². The van der Waals surface area contributed by atoms with E-state index < -0.39 is 5.97 Å². The minimum atomic E-state index is -0.441. The van der Waals surface area contributed by atoms with Gasteiger partial charge in [0.2, 0.25) is 0 Å². The number of fused-ring (bicyclic) bond motifs is 1. The Morgan fingerprint density at radius 2 is 1.90 bits per heavy atom. The maximum Gasteiger partial charge on any atom is 0.341 e. The molecule has 2 heterocycles. The third kappa shape index (κ3) is 2.31. The number of pyridine rings is 1. The number of carbonyl (C=O) groups is 1. The number of ether oxygens (including phenoxy) is 2. The van der Waals surface area contributed by atoms with Gasteiger partial charge in [0.25, 0.3) is 0 Å². The molecule has 0 saturated heterocycles. The summed E-state index contributed by atoms with van der Waals surface area (Å²) in [7, 11) is 2.96. The molecule has 0 spiro atoms. The highest BCUT2D eigenvalue weighted by atomic mass is 16.5. The number of rotatable bonds is 3. The van der Waals surface area contributed by atoms with Crippen LogP contribution in [-0.4, -0.2) is 34.8 Å². The fourth-order valence-corrected chi connectivity index (χ4v) is 2.13. The Bertz CT molecular complexity index is 794. The zero-order valence-electron chi connectivity index (χ0n) is 11.6. The molecule has 0 radical (unpaired) electrons. The molecule has 6 nitrogen and oxygen atoms in total. The predicted octanol–water partition coefficient (Wildman–Crippen LogP) is 2.19. The van der Waals surface area contributed by atoms with Crippen LogP contribution in [-0.2, 0) is 4.74 Å². The van der Waals surface area contributed by atoms with E-state index in [0.717, 1.165) is 16.9 Å². The maximum atomic E-state index is 11.9. The van der Waals surface area contributed by atoms with Gasteiger partial charge in [-0.2, -0.15) is 5.10 Å². The van der Waals surface area contributed by atoms with E-state index in [0.29, 0.717) is 11.2 Å². The van der Waals surface area contributed by atoms with E-state index in [1.807, 2.05) is 30.5 Å². The quantitative estimate of drug-likeness (QED) is 0.689. The van der Waals surface area contributed by atoms with Gasteiger partial charge in [-0.3, -0.25) is 0 Å². The Morgan fingerprint density at radius 3 is 2.57 bits per heavy atom. The lowest BCUT2D eigenvalue weighted by Gasteiger charge is -2.07. The summed E-state index contributed by atoms with van der Waals surface area (Å²) in [6.45, 7) is 0. The van der Waals surface area contributed by atoms with Crippen molar-refractivity contribution in [1.29, 1.82) is 0 Å². The smallest absolute Gasteiger partial charge is 0.341 e. The lowest BCUT2D eigenvalue weighted by molar-refractivity contribution is 0.0602. The monoisotopic (exact) mass is 283 g/mol. The Balaban J connectivity index is 2.15. The SMILES string of the molecule is COC(=O)c1cc(-c2ccc(OC)cc2)cn2ncnc12. The summed E-state index contributed by atoms with van der Waals surface area (Å²) >= 11 is 0. The van der Waals surface area contributed by atoms with Crippen molar-refractivity contribution >= 4 is 11.6 Å². The fraction of sp³-hybridized carbons (Fsp3) is 0.133. The molecule has 106 valence electrons. The van der Waals surface area contributed by atoms with Crippen LogP contribution in [0.4, 0.5) is 0 Å². The number of nitrogens with zero attached hydrogens (tertiary/aromatic N) is 3.